The van der Waals surface area contributed by atoms with Gasteiger partial charge < -0.3 is 15.6 Å². The minimum Gasteiger partial charge on any atom is -0.367 e. The van der Waals surface area contributed by atoms with Gasteiger partial charge in [-0.1, -0.05) is 155 Å². The van der Waals surface area contributed by atoms with Gasteiger partial charge in [-0.25, -0.2) is 0 Å². The number of rotatable bonds is 9. The summed E-state index contributed by atoms with van der Waals surface area (Å²) in [6, 6.07) is 47.9. The third-order valence-electron chi connectivity index (χ3n) is 11.2. The maximum absolute atomic E-state index is 7.03. The number of allylic oxidation sites excluding steroid dienone is 5. The fourth-order valence-corrected chi connectivity index (χ4v) is 8.49. The zero-order chi connectivity index (χ0) is 40.0. The lowest BCUT2D eigenvalue weighted by Crippen LogP contribution is -2.48. The van der Waals surface area contributed by atoms with Crippen molar-refractivity contribution in [2.24, 2.45) is 5.73 Å². The van der Waals surface area contributed by atoms with Crippen LogP contribution in [0.15, 0.2) is 175 Å². The summed E-state index contributed by atoms with van der Waals surface area (Å²) >= 11 is 0. The summed E-state index contributed by atoms with van der Waals surface area (Å²) in [6.45, 7) is 9.42. The smallest absolute Gasteiger partial charge is 0.111 e. The number of para-hydroxylation sites is 3. The van der Waals surface area contributed by atoms with Crippen LogP contribution in [0.5, 0.6) is 0 Å². The van der Waals surface area contributed by atoms with E-state index in [9.17, 15) is 0 Å². The third kappa shape index (κ3) is 7.27. The zero-order valence-corrected chi connectivity index (χ0v) is 34.0. The van der Waals surface area contributed by atoms with E-state index >= 15 is 0 Å². The summed E-state index contributed by atoms with van der Waals surface area (Å²) in [6.07, 6.45) is 12.7. The first kappa shape index (κ1) is 38.7. The molecule has 2 unspecified atom stereocenters. The van der Waals surface area contributed by atoms with Crippen LogP contribution in [0.2, 0.25) is 0 Å². The van der Waals surface area contributed by atoms with Crippen LogP contribution in [0.25, 0.3) is 65.9 Å². The highest BCUT2D eigenvalue weighted by Crippen LogP contribution is 2.39. The predicted octanol–water partition coefficient (Wildman–Crippen LogP) is 11.9. The Balaban J connectivity index is 0.00000114. The van der Waals surface area contributed by atoms with Crippen LogP contribution in [-0.4, -0.2) is 28.4 Å². The minimum atomic E-state index is -0.369. The molecule has 292 valence electrons. The number of fused-ring (bicyclic) bond motifs is 7. The molecule has 0 radical (unpaired) electrons. The Labute approximate surface area is 342 Å². The molecule has 0 saturated heterocycles. The molecule has 1 aliphatic heterocycles. The van der Waals surface area contributed by atoms with E-state index in [1.165, 1.54) is 60.0 Å². The summed E-state index contributed by atoms with van der Waals surface area (Å²) in [5.74, 6) is 1.03. The molecule has 6 nitrogen and oxygen atoms in total. The molecule has 0 fully saturated rings. The lowest BCUT2D eigenvalue weighted by molar-refractivity contribution is 0.413. The van der Waals surface area contributed by atoms with E-state index in [0.717, 1.165) is 42.0 Å². The van der Waals surface area contributed by atoms with Crippen LogP contribution in [0, 0.1) is 0 Å². The molecule has 2 aliphatic rings. The van der Waals surface area contributed by atoms with Crippen LogP contribution >= 0.6 is 0 Å². The second-order valence-electron chi connectivity index (χ2n) is 14.4. The third-order valence-corrected chi connectivity index (χ3v) is 11.2. The zero-order valence-electron chi connectivity index (χ0n) is 34.0. The summed E-state index contributed by atoms with van der Waals surface area (Å²) in [4.78, 5) is 0. The molecule has 6 heteroatoms. The second kappa shape index (κ2) is 17.5. The molecule has 1 aliphatic carbocycles. The molecule has 0 amide bonds. The highest BCUT2D eigenvalue weighted by molar-refractivity contribution is 6.19. The van der Waals surface area contributed by atoms with Crippen LogP contribution in [0.1, 0.15) is 52.3 Å². The van der Waals surface area contributed by atoms with E-state index in [1.54, 1.807) is 0 Å². The summed E-state index contributed by atoms with van der Waals surface area (Å²) in [5.41, 5.74) is 16.6. The number of nitrogens with zero attached hydrogens (tertiary/aromatic N) is 2. The van der Waals surface area contributed by atoms with Gasteiger partial charge in [0.15, 0.2) is 0 Å². The molecule has 58 heavy (non-hydrogen) atoms. The molecule has 2 aromatic heterocycles. The van der Waals surface area contributed by atoms with Gasteiger partial charge in [-0.3, -0.25) is 15.2 Å². The molecule has 6 aromatic carbocycles. The first-order valence-corrected chi connectivity index (χ1v) is 21.0. The quantitative estimate of drug-likeness (QED) is 0.111. The van der Waals surface area contributed by atoms with Crippen molar-refractivity contribution < 1.29 is 0 Å². The fraction of sp³-hybridized carbons (Fsp3) is 0.192. The van der Waals surface area contributed by atoms with Crippen molar-refractivity contribution in [3.05, 3.63) is 181 Å². The number of nitrogens with one attached hydrogen (secondary N) is 3. The van der Waals surface area contributed by atoms with Crippen molar-refractivity contribution in [2.45, 2.75) is 52.9 Å². The maximum Gasteiger partial charge on any atom is 0.111 e. The highest BCUT2D eigenvalue weighted by atomic mass is 15.2. The highest BCUT2D eigenvalue weighted by Gasteiger charge is 2.23. The first-order valence-electron chi connectivity index (χ1n) is 21.0. The van der Waals surface area contributed by atoms with Gasteiger partial charge >= 0.3 is 0 Å². The van der Waals surface area contributed by atoms with Gasteiger partial charge in [0, 0.05) is 40.3 Å². The Morgan fingerprint density at radius 2 is 1.26 bits per heavy atom. The fourth-order valence-electron chi connectivity index (χ4n) is 8.49. The average molecular weight is 763 g/mol. The lowest BCUT2D eigenvalue weighted by Gasteiger charge is -2.29. The Morgan fingerprint density at radius 1 is 0.621 bits per heavy atom. The normalized spacial score (nSPS) is 14.9. The summed E-state index contributed by atoms with van der Waals surface area (Å²) in [5, 5.41) is 18.8. The van der Waals surface area contributed by atoms with Gasteiger partial charge in [-0.05, 0) is 77.2 Å². The molecule has 0 spiro atoms. The first-order chi connectivity index (χ1) is 28.7. The molecule has 10 rings (SSSR count). The van der Waals surface area contributed by atoms with Gasteiger partial charge in [0.25, 0.3) is 0 Å². The SMILES string of the molecule is CC.CC.NC(NC(NCC1=CC=CCC1)c1cccc2ccccc12)C1=CC=C(n2c3ccccc3c3cc4c5ccccc5n(-c5ccccc5)c4cc32)NC1. The molecular weight excluding hydrogens is 709 g/mol. The van der Waals surface area contributed by atoms with E-state index in [0.29, 0.717) is 6.54 Å². The van der Waals surface area contributed by atoms with E-state index in [2.05, 4.69) is 189 Å². The monoisotopic (exact) mass is 762 g/mol. The molecule has 5 N–H and O–H groups in total. The van der Waals surface area contributed by atoms with E-state index < -0.39 is 0 Å². The predicted molar refractivity (Wildman–Crippen MR) is 249 cm³/mol. The van der Waals surface area contributed by atoms with Gasteiger partial charge in [0.1, 0.15) is 5.82 Å². The molecule has 2 atom stereocenters. The largest absolute Gasteiger partial charge is 0.367 e. The summed E-state index contributed by atoms with van der Waals surface area (Å²) < 4.78 is 4.76. The van der Waals surface area contributed by atoms with Crippen molar-refractivity contribution in [2.75, 3.05) is 13.1 Å². The Kier molecular flexibility index (Phi) is 11.7. The van der Waals surface area contributed by atoms with Crippen molar-refractivity contribution in [3.63, 3.8) is 0 Å². The van der Waals surface area contributed by atoms with Crippen LogP contribution in [-0.2, 0) is 0 Å². The van der Waals surface area contributed by atoms with E-state index in [4.69, 9.17) is 5.73 Å². The standard InChI is InChI=1S/C48H42N6.2C2H6/c49-47(52-48(51-30-32-14-3-1-4-15-32)39-23-13-17-33-16-7-8-20-36(33)39)34-26-27-46(50-31-34)54-43-25-12-10-22-38(43)41-28-40-37-21-9-11-24-42(37)53(44(40)29-45(41)54)35-18-5-2-6-19-35;2*1-2/h1-3,5-14,16-29,47-48,50-52H,4,15,30-31,49H2;2*1-2H3. The molecule has 8 aromatic rings. The molecule has 0 bridgehead atoms. The maximum atomic E-state index is 7.03. The number of hydrogen-bond acceptors (Lipinski definition) is 4. The van der Waals surface area contributed by atoms with Gasteiger partial charge in [-0.15, -0.1) is 0 Å². The summed E-state index contributed by atoms with van der Waals surface area (Å²) in [7, 11) is 0. The average Bonchev–Trinajstić information content (AvgIpc) is 3.80. The lowest BCUT2D eigenvalue weighted by atomic mass is 10.0. The number of dihydropyridines is 1. The van der Waals surface area contributed by atoms with Crippen LogP contribution in [0.4, 0.5) is 0 Å². The number of hydrogen-bond donors (Lipinski definition) is 4. The van der Waals surface area contributed by atoms with Crippen molar-refractivity contribution in [3.8, 4) is 5.69 Å². The van der Waals surface area contributed by atoms with E-state index in [1.807, 2.05) is 27.7 Å². The molecule has 3 heterocycles. The number of aromatic nitrogens is 2. The molecule has 0 saturated carbocycles. The number of nitrogens with two attached hydrogens (primary N) is 1. The van der Waals surface area contributed by atoms with Crippen molar-refractivity contribution >= 4 is 60.2 Å². The van der Waals surface area contributed by atoms with Crippen LogP contribution in [0.3, 0.4) is 0 Å². The Bertz CT molecular complexity index is 2830. The number of benzene rings is 6. The Morgan fingerprint density at radius 3 is 1.95 bits per heavy atom. The van der Waals surface area contributed by atoms with Gasteiger partial charge in [0.05, 0.1) is 34.4 Å². The van der Waals surface area contributed by atoms with Crippen LogP contribution < -0.4 is 21.7 Å². The van der Waals surface area contributed by atoms with Crippen molar-refractivity contribution in [1.82, 2.24) is 25.1 Å². The van der Waals surface area contributed by atoms with E-state index in [-0.39, 0.29) is 12.3 Å². The van der Waals surface area contributed by atoms with Gasteiger partial charge in [0.2, 0.25) is 0 Å². The molecular formula is C52H54N6. The second-order valence-corrected chi connectivity index (χ2v) is 14.4. The topological polar surface area (TPSA) is 72.0 Å². The van der Waals surface area contributed by atoms with Crippen molar-refractivity contribution in [1.29, 1.82) is 0 Å². The minimum absolute atomic E-state index is 0.139. The van der Waals surface area contributed by atoms with Gasteiger partial charge in [-0.2, -0.15) is 0 Å². The Hall–Kier alpha value is -6.18.